The molecule has 1 aliphatic rings. The molecule has 80 valence electrons. The maximum Gasteiger partial charge on any atom is 0.337 e. The summed E-state index contributed by atoms with van der Waals surface area (Å²) >= 11 is 1.59. The molecule has 3 nitrogen and oxygen atoms in total. The summed E-state index contributed by atoms with van der Waals surface area (Å²) in [5.41, 5.74) is 0.426. The predicted octanol–water partition coefficient (Wildman–Crippen LogP) is 2.26. The number of thiophene rings is 1. The van der Waals surface area contributed by atoms with Crippen LogP contribution in [0, 0.1) is 0 Å². The molecule has 1 aromatic heterocycles. The van der Waals surface area contributed by atoms with Crippen LogP contribution < -0.4 is 0 Å². The molecule has 0 amide bonds. The minimum Gasteiger partial charge on any atom is -0.458 e. The van der Waals surface area contributed by atoms with Gasteiger partial charge in [0.25, 0.3) is 0 Å². The largest absolute Gasteiger partial charge is 0.458 e. The molecule has 0 saturated carbocycles. The van der Waals surface area contributed by atoms with Gasteiger partial charge in [0, 0.05) is 0 Å². The SMILES string of the molecule is CC(C)(C)OC(=O)[C@H]1N=C1c1cccs1. The Morgan fingerprint density at radius 1 is 1.53 bits per heavy atom. The average molecular weight is 223 g/mol. The molecule has 0 spiro atoms. The molecule has 1 aliphatic heterocycles. The summed E-state index contributed by atoms with van der Waals surface area (Å²) in [4.78, 5) is 16.8. The molecule has 2 heterocycles. The van der Waals surface area contributed by atoms with Crippen molar-refractivity contribution >= 4 is 23.0 Å². The maximum atomic E-state index is 11.6. The van der Waals surface area contributed by atoms with E-state index in [0.29, 0.717) is 0 Å². The first-order valence-corrected chi connectivity index (χ1v) is 5.70. The second-order valence-corrected chi connectivity index (χ2v) is 5.38. The number of nitrogens with zero attached hydrogens (tertiary/aromatic N) is 1. The zero-order valence-corrected chi connectivity index (χ0v) is 9.80. The molecule has 15 heavy (non-hydrogen) atoms. The van der Waals surface area contributed by atoms with Crippen molar-refractivity contribution in [3.05, 3.63) is 22.4 Å². The van der Waals surface area contributed by atoms with Crippen LogP contribution in [0.25, 0.3) is 0 Å². The van der Waals surface area contributed by atoms with Gasteiger partial charge < -0.3 is 4.74 Å². The zero-order valence-electron chi connectivity index (χ0n) is 8.98. The van der Waals surface area contributed by atoms with Crippen molar-refractivity contribution in [1.82, 2.24) is 0 Å². The molecule has 4 heteroatoms. The molecule has 0 N–H and O–H groups in total. The van der Waals surface area contributed by atoms with Gasteiger partial charge in [-0.25, -0.2) is 4.79 Å². The lowest BCUT2D eigenvalue weighted by molar-refractivity contribution is -0.153. The lowest BCUT2D eigenvalue weighted by Gasteiger charge is -2.18. The Morgan fingerprint density at radius 2 is 2.27 bits per heavy atom. The molecule has 2 rings (SSSR count). The van der Waals surface area contributed by atoms with Gasteiger partial charge in [0.2, 0.25) is 0 Å². The van der Waals surface area contributed by atoms with Crippen molar-refractivity contribution in [2.45, 2.75) is 32.4 Å². The van der Waals surface area contributed by atoms with E-state index in [0.717, 1.165) is 10.6 Å². The van der Waals surface area contributed by atoms with E-state index in [1.807, 2.05) is 38.3 Å². The molecule has 0 bridgehead atoms. The molecular weight excluding hydrogens is 210 g/mol. The van der Waals surface area contributed by atoms with Crippen molar-refractivity contribution in [3.63, 3.8) is 0 Å². The number of hydrogen-bond acceptors (Lipinski definition) is 4. The van der Waals surface area contributed by atoms with Crippen molar-refractivity contribution in [1.29, 1.82) is 0 Å². The Balaban J connectivity index is 1.93. The monoisotopic (exact) mass is 223 g/mol. The standard InChI is InChI=1S/C11H13NO2S/c1-11(2,3)14-10(13)9-8(12-9)7-5-4-6-15-7/h4-6,9H,1-3H3/t9-/m0/s1. The van der Waals surface area contributed by atoms with Gasteiger partial charge in [-0.3, -0.25) is 4.99 Å². The van der Waals surface area contributed by atoms with E-state index in [-0.39, 0.29) is 12.0 Å². The van der Waals surface area contributed by atoms with Crippen molar-refractivity contribution in [2.24, 2.45) is 4.99 Å². The Hall–Kier alpha value is -1.16. The van der Waals surface area contributed by atoms with Crippen LogP contribution in [0.15, 0.2) is 22.5 Å². The van der Waals surface area contributed by atoms with Gasteiger partial charge in [-0.05, 0) is 32.2 Å². The summed E-state index contributed by atoms with van der Waals surface area (Å²) in [5, 5.41) is 1.97. The minimum absolute atomic E-state index is 0.245. The molecule has 0 aliphatic carbocycles. The van der Waals surface area contributed by atoms with E-state index in [1.165, 1.54) is 0 Å². The fraction of sp³-hybridized carbons (Fsp3) is 0.455. The minimum atomic E-state index is -0.435. The van der Waals surface area contributed by atoms with Gasteiger partial charge in [-0.15, -0.1) is 11.3 Å². The van der Waals surface area contributed by atoms with E-state index in [2.05, 4.69) is 4.99 Å². The van der Waals surface area contributed by atoms with Crippen LogP contribution in [0.5, 0.6) is 0 Å². The summed E-state index contributed by atoms with van der Waals surface area (Å²) in [7, 11) is 0. The Morgan fingerprint density at radius 3 is 2.80 bits per heavy atom. The zero-order chi connectivity index (χ0) is 11.1. The Bertz CT molecular complexity index is 401. The van der Waals surface area contributed by atoms with Crippen molar-refractivity contribution in [3.8, 4) is 0 Å². The fourth-order valence-corrected chi connectivity index (χ4v) is 1.99. The lowest BCUT2D eigenvalue weighted by Crippen LogP contribution is -2.28. The Kier molecular flexibility index (Phi) is 2.38. The smallest absolute Gasteiger partial charge is 0.337 e. The summed E-state index contributed by atoms with van der Waals surface area (Å²) in [6.45, 7) is 5.58. The second kappa shape index (κ2) is 3.45. The number of ether oxygens (including phenoxy) is 1. The molecular formula is C11H13NO2S. The predicted molar refractivity (Wildman–Crippen MR) is 60.5 cm³/mol. The highest BCUT2D eigenvalue weighted by molar-refractivity contribution is 7.12. The van der Waals surface area contributed by atoms with E-state index >= 15 is 0 Å². The highest BCUT2D eigenvalue weighted by Crippen LogP contribution is 2.25. The Labute approximate surface area is 92.8 Å². The van der Waals surface area contributed by atoms with E-state index < -0.39 is 5.60 Å². The first-order valence-electron chi connectivity index (χ1n) is 4.82. The maximum absolute atomic E-state index is 11.6. The van der Waals surface area contributed by atoms with Crippen molar-refractivity contribution < 1.29 is 9.53 Å². The number of aliphatic imine (C=N–C) groups is 1. The second-order valence-electron chi connectivity index (χ2n) is 4.43. The van der Waals surface area contributed by atoms with E-state index in [4.69, 9.17) is 4.74 Å². The quantitative estimate of drug-likeness (QED) is 0.721. The fourth-order valence-electron chi connectivity index (χ4n) is 1.25. The van der Waals surface area contributed by atoms with Gasteiger partial charge in [-0.1, -0.05) is 6.07 Å². The lowest BCUT2D eigenvalue weighted by atomic mass is 10.2. The third kappa shape index (κ3) is 2.45. The molecule has 0 saturated heterocycles. The van der Waals surface area contributed by atoms with Gasteiger partial charge in [0.05, 0.1) is 10.6 Å². The van der Waals surface area contributed by atoms with Crippen LogP contribution in [0.2, 0.25) is 0 Å². The van der Waals surface area contributed by atoms with Gasteiger partial charge in [0.15, 0.2) is 6.04 Å². The number of rotatable bonds is 2. The number of hydrogen-bond donors (Lipinski definition) is 0. The highest BCUT2D eigenvalue weighted by Gasteiger charge is 2.39. The highest BCUT2D eigenvalue weighted by atomic mass is 32.1. The van der Waals surface area contributed by atoms with Gasteiger partial charge >= 0.3 is 5.97 Å². The van der Waals surface area contributed by atoms with Crippen LogP contribution in [-0.4, -0.2) is 23.3 Å². The normalized spacial score (nSPS) is 19.7. The topological polar surface area (TPSA) is 38.7 Å². The van der Waals surface area contributed by atoms with Crippen LogP contribution in [0.3, 0.4) is 0 Å². The van der Waals surface area contributed by atoms with Crippen LogP contribution in [0.4, 0.5) is 0 Å². The molecule has 0 radical (unpaired) electrons. The number of carbonyl (C=O) groups is 1. The third-order valence-electron chi connectivity index (χ3n) is 1.86. The molecule has 1 aromatic rings. The molecule has 1 atom stereocenters. The first-order chi connectivity index (χ1) is 6.97. The summed E-state index contributed by atoms with van der Waals surface area (Å²) in [6.07, 6.45) is 0. The van der Waals surface area contributed by atoms with Crippen molar-refractivity contribution in [2.75, 3.05) is 0 Å². The van der Waals surface area contributed by atoms with Crippen LogP contribution >= 0.6 is 11.3 Å². The molecule has 0 unspecified atom stereocenters. The van der Waals surface area contributed by atoms with E-state index in [9.17, 15) is 4.79 Å². The van der Waals surface area contributed by atoms with Gasteiger partial charge in [-0.2, -0.15) is 0 Å². The number of carbonyl (C=O) groups excluding carboxylic acids is 1. The third-order valence-corrected chi connectivity index (χ3v) is 2.76. The summed E-state index contributed by atoms with van der Waals surface area (Å²) in [5.74, 6) is -0.245. The first kappa shape index (κ1) is 10.4. The number of esters is 1. The molecule has 0 aromatic carbocycles. The van der Waals surface area contributed by atoms with Crippen LogP contribution in [-0.2, 0) is 9.53 Å². The summed E-state index contributed by atoms with van der Waals surface area (Å²) < 4.78 is 5.24. The molecule has 0 fully saturated rings. The van der Waals surface area contributed by atoms with Crippen LogP contribution in [0.1, 0.15) is 25.6 Å². The average Bonchev–Trinajstić information content (AvgIpc) is 2.71. The van der Waals surface area contributed by atoms with E-state index in [1.54, 1.807) is 11.3 Å². The van der Waals surface area contributed by atoms with Gasteiger partial charge in [0.1, 0.15) is 5.60 Å². The summed E-state index contributed by atoms with van der Waals surface area (Å²) in [6, 6.07) is 3.56.